The van der Waals surface area contributed by atoms with Gasteiger partial charge in [-0.05, 0) is 6.42 Å². The van der Waals surface area contributed by atoms with Crippen molar-refractivity contribution in [2.45, 2.75) is 43.9 Å². The van der Waals surface area contributed by atoms with E-state index in [4.69, 9.17) is 14.2 Å². The number of imidazole rings is 1. The van der Waals surface area contributed by atoms with Crippen molar-refractivity contribution < 1.29 is 29.2 Å². The first-order valence-electron chi connectivity index (χ1n) is 8.72. The number of carbonyl (C=O) groups is 1. The summed E-state index contributed by atoms with van der Waals surface area (Å²) in [5.74, 6) is 0.00168. The van der Waals surface area contributed by atoms with Crippen molar-refractivity contribution in [1.29, 1.82) is 0 Å². The van der Waals surface area contributed by atoms with Crippen LogP contribution < -0.4 is 5.32 Å². The highest BCUT2D eigenvalue weighted by Gasteiger charge is 2.47. The molecular formula is C16H21N5O6. The second-order valence-electron chi connectivity index (χ2n) is 6.56. The van der Waals surface area contributed by atoms with E-state index in [-0.39, 0.29) is 6.04 Å². The standard InChI is InChI=1S/C16H21N5O6/c1-8(23)26-13-10(4-22)27-16(12(13)24)21-7-19-11-14(17-6-18-15(11)21)20-9-2-3-25-5-9/h6-7,9-10,12-13,16,22,24H,2-5H2,1H3,(H,17,18,20)/t9-,10-,12-,13-,16-/m1/s1. The molecule has 4 heterocycles. The van der Waals surface area contributed by atoms with Crippen LogP contribution in [-0.2, 0) is 19.0 Å². The summed E-state index contributed by atoms with van der Waals surface area (Å²) in [4.78, 5) is 24.1. The maximum atomic E-state index is 11.3. The van der Waals surface area contributed by atoms with E-state index in [0.717, 1.165) is 6.42 Å². The number of ether oxygens (including phenoxy) is 3. The Hall–Kier alpha value is -2.34. The van der Waals surface area contributed by atoms with E-state index in [1.54, 1.807) is 4.57 Å². The molecule has 2 aromatic heterocycles. The molecule has 0 aliphatic carbocycles. The van der Waals surface area contributed by atoms with Gasteiger partial charge < -0.3 is 29.7 Å². The fourth-order valence-corrected chi connectivity index (χ4v) is 3.42. The maximum absolute atomic E-state index is 11.3. The smallest absolute Gasteiger partial charge is 0.303 e. The first kappa shape index (κ1) is 18.0. The van der Waals surface area contributed by atoms with Crippen LogP contribution in [0.4, 0.5) is 5.82 Å². The lowest BCUT2D eigenvalue weighted by Crippen LogP contribution is -2.37. The lowest BCUT2D eigenvalue weighted by atomic mass is 10.1. The Kier molecular flexibility index (Phi) is 4.91. The summed E-state index contributed by atoms with van der Waals surface area (Å²) in [6, 6.07) is 0.147. The molecule has 0 saturated carbocycles. The summed E-state index contributed by atoms with van der Waals surface area (Å²) >= 11 is 0. The molecule has 11 heteroatoms. The van der Waals surface area contributed by atoms with Gasteiger partial charge in [-0.3, -0.25) is 9.36 Å². The van der Waals surface area contributed by atoms with Crippen LogP contribution in [-0.4, -0.2) is 79.9 Å². The minimum atomic E-state index is -1.18. The Morgan fingerprint density at radius 3 is 3.00 bits per heavy atom. The number of anilines is 1. The van der Waals surface area contributed by atoms with Gasteiger partial charge in [0.25, 0.3) is 0 Å². The minimum absolute atomic E-state index is 0.147. The Morgan fingerprint density at radius 2 is 2.30 bits per heavy atom. The number of hydrogen-bond donors (Lipinski definition) is 3. The van der Waals surface area contributed by atoms with Crippen LogP contribution in [0.25, 0.3) is 11.2 Å². The second-order valence-corrected chi connectivity index (χ2v) is 6.56. The first-order valence-corrected chi connectivity index (χ1v) is 8.72. The number of fused-ring (bicyclic) bond motifs is 1. The molecule has 0 amide bonds. The Morgan fingerprint density at radius 1 is 1.44 bits per heavy atom. The van der Waals surface area contributed by atoms with Crippen molar-refractivity contribution in [2.24, 2.45) is 0 Å². The normalized spacial score (nSPS) is 30.7. The van der Waals surface area contributed by atoms with Gasteiger partial charge in [0, 0.05) is 13.5 Å². The quantitative estimate of drug-likeness (QED) is 0.566. The van der Waals surface area contributed by atoms with Gasteiger partial charge in [-0.25, -0.2) is 15.0 Å². The predicted octanol–water partition coefficient (Wildman–Crippen LogP) is -0.791. The number of aliphatic hydroxyl groups excluding tert-OH is 2. The molecule has 2 aliphatic heterocycles. The highest BCUT2D eigenvalue weighted by atomic mass is 16.6. The lowest BCUT2D eigenvalue weighted by molar-refractivity contribution is -0.153. The molecule has 4 rings (SSSR count). The van der Waals surface area contributed by atoms with Gasteiger partial charge >= 0.3 is 5.97 Å². The van der Waals surface area contributed by atoms with Crippen molar-refractivity contribution in [3.05, 3.63) is 12.7 Å². The molecular weight excluding hydrogens is 358 g/mol. The van der Waals surface area contributed by atoms with Crippen LogP contribution in [0.15, 0.2) is 12.7 Å². The van der Waals surface area contributed by atoms with Crippen LogP contribution in [0.3, 0.4) is 0 Å². The zero-order valence-electron chi connectivity index (χ0n) is 14.7. The Bertz CT molecular complexity index is 823. The highest BCUT2D eigenvalue weighted by molar-refractivity contribution is 5.82. The topological polar surface area (TPSA) is 141 Å². The fraction of sp³-hybridized carbons (Fsp3) is 0.625. The molecule has 5 atom stereocenters. The third kappa shape index (κ3) is 3.34. The Balaban J connectivity index is 1.63. The monoisotopic (exact) mass is 379 g/mol. The lowest BCUT2D eigenvalue weighted by Gasteiger charge is -2.19. The Labute approximate surface area is 154 Å². The molecule has 0 bridgehead atoms. The van der Waals surface area contributed by atoms with Crippen molar-refractivity contribution in [2.75, 3.05) is 25.1 Å². The maximum Gasteiger partial charge on any atom is 0.303 e. The molecule has 3 N–H and O–H groups in total. The summed E-state index contributed by atoms with van der Waals surface area (Å²) in [5, 5.41) is 23.4. The van der Waals surface area contributed by atoms with Gasteiger partial charge in [0.1, 0.15) is 18.5 Å². The highest BCUT2D eigenvalue weighted by Crippen LogP contribution is 2.34. The number of nitrogens with zero attached hydrogens (tertiary/aromatic N) is 4. The second kappa shape index (κ2) is 7.35. The summed E-state index contributed by atoms with van der Waals surface area (Å²) in [6.07, 6.45) is -0.168. The average Bonchev–Trinajstić information content (AvgIpc) is 3.36. The van der Waals surface area contributed by atoms with Crippen molar-refractivity contribution in [3.8, 4) is 0 Å². The average molecular weight is 379 g/mol. The molecule has 2 aliphatic rings. The minimum Gasteiger partial charge on any atom is -0.457 e. The molecule has 0 spiro atoms. The van der Waals surface area contributed by atoms with E-state index < -0.39 is 37.1 Å². The van der Waals surface area contributed by atoms with Gasteiger partial charge in [0.2, 0.25) is 0 Å². The SMILES string of the molecule is CC(=O)O[C@H]1[C@@H](O)[C@H](n2cnc3c(N[C@@H]4CCOC4)ncnc32)O[C@@H]1CO. The number of aromatic nitrogens is 4. The molecule has 0 aromatic carbocycles. The third-order valence-corrected chi connectivity index (χ3v) is 4.69. The van der Waals surface area contributed by atoms with Crippen LogP contribution >= 0.6 is 0 Å². The number of aliphatic hydroxyl groups is 2. The van der Waals surface area contributed by atoms with Gasteiger partial charge in [-0.2, -0.15) is 0 Å². The number of hydrogen-bond acceptors (Lipinski definition) is 10. The van der Waals surface area contributed by atoms with Crippen molar-refractivity contribution in [1.82, 2.24) is 19.5 Å². The van der Waals surface area contributed by atoms with Crippen molar-refractivity contribution in [3.63, 3.8) is 0 Å². The van der Waals surface area contributed by atoms with E-state index in [1.807, 2.05) is 0 Å². The van der Waals surface area contributed by atoms with E-state index in [1.165, 1.54) is 19.6 Å². The first-order chi connectivity index (χ1) is 13.1. The zero-order valence-corrected chi connectivity index (χ0v) is 14.7. The number of nitrogens with one attached hydrogen (secondary N) is 1. The summed E-state index contributed by atoms with van der Waals surface area (Å²) < 4.78 is 17.7. The van der Waals surface area contributed by atoms with Gasteiger partial charge in [0.15, 0.2) is 29.3 Å². The number of rotatable bonds is 5. The summed E-state index contributed by atoms with van der Waals surface area (Å²) in [5.41, 5.74) is 0.979. The van der Waals surface area contributed by atoms with Crippen LogP contribution in [0, 0.1) is 0 Å². The third-order valence-electron chi connectivity index (χ3n) is 4.69. The fourth-order valence-electron chi connectivity index (χ4n) is 3.42. The summed E-state index contributed by atoms with van der Waals surface area (Å²) in [7, 11) is 0. The van der Waals surface area contributed by atoms with Crippen LogP contribution in [0.1, 0.15) is 19.6 Å². The largest absolute Gasteiger partial charge is 0.457 e. The van der Waals surface area contributed by atoms with Crippen molar-refractivity contribution >= 4 is 23.0 Å². The van der Waals surface area contributed by atoms with E-state index in [2.05, 4.69) is 20.3 Å². The van der Waals surface area contributed by atoms with Gasteiger partial charge in [-0.15, -0.1) is 0 Å². The molecule has 11 nitrogen and oxygen atoms in total. The van der Waals surface area contributed by atoms with E-state index >= 15 is 0 Å². The zero-order chi connectivity index (χ0) is 19.0. The molecule has 2 aromatic rings. The number of carbonyl (C=O) groups excluding carboxylic acids is 1. The van der Waals surface area contributed by atoms with Gasteiger partial charge in [0.05, 0.1) is 25.6 Å². The van der Waals surface area contributed by atoms with Gasteiger partial charge in [-0.1, -0.05) is 0 Å². The molecule has 2 fully saturated rings. The molecule has 27 heavy (non-hydrogen) atoms. The van der Waals surface area contributed by atoms with E-state index in [9.17, 15) is 15.0 Å². The summed E-state index contributed by atoms with van der Waals surface area (Å²) in [6.45, 7) is 2.13. The van der Waals surface area contributed by atoms with Crippen LogP contribution in [0.2, 0.25) is 0 Å². The van der Waals surface area contributed by atoms with Crippen LogP contribution in [0.5, 0.6) is 0 Å². The molecule has 2 saturated heterocycles. The molecule has 0 unspecified atom stereocenters. The van der Waals surface area contributed by atoms with E-state index in [0.29, 0.717) is 30.2 Å². The molecule has 0 radical (unpaired) electrons. The number of esters is 1. The molecule has 146 valence electrons. The predicted molar refractivity (Wildman–Crippen MR) is 90.7 cm³/mol.